The summed E-state index contributed by atoms with van der Waals surface area (Å²) in [5.41, 5.74) is 1.48. The van der Waals surface area contributed by atoms with Gasteiger partial charge < -0.3 is 14.6 Å². The molecule has 6 aliphatic rings. The number of esters is 2. The molecule has 1 unspecified atom stereocenters. The second-order valence-electron chi connectivity index (χ2n) is 12.6. The maximum absolute atomic E-state index is 12.2. The van der Waals surface area contributed by atoms with E-state index in [0.29, 0.717) is 18.3 Å². The van der Waals surface area contributed by atoms with E-state index >= 15 is 0 Å². The molecule has 0 radical (unpaired) electrons. The van der Waals surface area contributed by atoms with E-state index in [1.807, 2.05) is 0 Å². The molecule has 1 N–H and O–H groups in total. The number of carboxylic acid groups (broad SMARTS) is 1. The summed E-state index contributed by atoms with van der Waals surface area (Å²) in [6.45, 7) is 3.01. The lowest BCUT2D eigenvalue weighted by Crippen LogP contribution is -2.52. The quantitative estimate of drug-likeness (QED) is 0.244. The number of hydrogen-bond acceptors (Lipinski definition) is 5. The molecule has 6 saturated carbocycles. The van der Waals surface area contributed by atoms with Gasteiger partial charge in [-0.1, -0.05) is 17.7 Å². The molecule has 6 nitrogen and oxygen atoms in total. The Balaban J connectivity index is 1.33. The van der Waals surface area contributed by atoms with E-state index in [4.69, 9.17) is 14.6 Å². The first-order chi connectivity index (χ1) is 17.2. The second-order valence-corrected chi connectivity index (χ2v) is 12.6. The molecular formula is C30H42O6. The highest BCUT2D eigenvalue weighted by Crippen LogP contribution is 2.62. The normalized spacial score (nSPS) is 40.5. The Bertz CT molecular complexity index is 896. The van der Waals surface area contributed by atoms with Crippen LogP contribution >= 0.6 is 0 Å². The van der Waals surface area contributed by atoms with E-state index in [9.17, 15) is 14.4 Å². The van der Waals surface area contributed by atoms with E-state index in [-0.39, 0.29) is 41.9 Å². The molecule has 0 saturated heterocycles. The van der Waals surface area contributed by atoms with Gasteiger partial charge in [0, 0.05) is 31.6 Å². The lowest BCUT2D eigenvalue weighted by Gasteiger charge is -2.58. The van der Waals surface area contributed by atoms with E-state index < -0.39 is 5.97 Å². The summed E-state index contributed by atoms with van der Waals surface area (Å²) >= 11 is 0. The van der Waals surface area contributed by atoms with Crippen LogP contribution in [-0.4, -0.2) is 35.2 Å². The first kappa shape index (κ1) is 25.5. The molecule has 0 aliphatic heterocycles. The largest absolute Gasteiger partial charge is 0.481 e. The van der Waals surface area contributed by atoms with Crippen molar-refractivity contribution in [3.05, 3.63) is 23.8 Å². The van der Waals surface area contributed by atoms with Gasteiger partial charge in [0.1, 0.15) is 12.2 Å². The standard InChI is InChI=1S/C30H42O6/c1-18(31)35-27-14-24-12-20(5-3-4-6-29(33)34)13-26(24)25(27)7-8-28(36-19(2)32)30-15-21-9-22(16-30)11-23(10-21)17-30/h5,7-8,21-28H,3-4,6,9-17H2,1-2H3,(H,33,34)/t21?,22?,23?,24-,25+,26-,27+,28?,30?/m1/s1. The Morgan fingerprint density at radius 1 is 1.00 bits per heavy atom. The number of hydrogen-bond donors (Lipinski definition) is 1. The summed E-state index contributed by atoms with van der Waals surface area (Å²) < 4.78 is 11.8. The van der Waals surface area contributed by atoms with Crippen LogP contribution in [0.4, 0.5) is 0 Å². The van der Waals surface area contributed by atoms with Gasteiger partial charge in [0.15, 0.2) is 0 Å². The average Bonchev–Trinajstić information content (AvgIpc) is 3.29. The topological polar surface area (TPSA) is 89.9 Å². The molecule has 5 atom stereocenters. The fraction of sp³-hybridized carbons (Fsp3) is 0.767. The van der Waals surface area contributed by atoms with Gasteiger partial charge in [0.25, 0.3) is 0 Å². The molecule has 4 bridgehead atoms. The summed E-state index contributed by atoms with van der Waals surface area (Å²) in [4.78, 5) is 34.9. The number of carboxylic acids is 1. The number of aliphatic carboxylic acids is 1. The van der Waals surface area contributed by atoms with Gasteiger partial charge in [-0.15, -0.1) is 0 Å². The maximum atomic E-state index is 12.2. The van der Waals surface area contributed by atoms with Crippen LogP contribution in [0.25, 0.3) is 0 Å². The molecule has 36 heavy (non-hydrogen) atoms. The highest BCUT2D eigenvalue weighted by molar-refractivity contribution is 5.67. The molecule has 0 spiro atoms. The number of ether oxygens (including phenoxy) is 2. The Morgan fingerprint density at radius 2 is 1.67 bits per heavy atom. The number of carbonyl (C=O) groups excluding carboxylic acids is 2. The first-order valence-electron chi connectivity index (χ1n) is 14.1. The second kappa shape index (κ2) is 10.3. The van der Waals surface area contributed by atoms with E-state index in [2.05, 4.69) is 18.2 Å². The Hall–Kier alpha value is -2.11. The van der Waals surface area contributed by atoms with Gasteiger partial charge in [-0.05, 0) is 106 Å². The molecule has 0 heterocycles. The summed E-state index contributed by atoms with van der Waals surface area (Å²) in [5.74, 6) is 2.13. The van der Waals surface area contributed by atoms with Crippen LogP contribution in [-0.2, 0) is 23.9 Å². The molecule has 6 fully saturated rings. The maximum Gasteiger partial charge on any atom is 0.303 e. The van der Waals surface area contributed by atoms with E-state index in [1.165, 1.54) is 38.7 Å². The molecular weight excluding hydrogens is 456 g/mol. The highest BCUT2D eigenvalue weighted by atomic mass is 16.5. The lowest BCUT2D eigenvalue weighted by atomic mass is 9.48. The van der Waals surface area contributed by atoms with Crippen molar-refractivity contribution in [3.8, 4) is 0 Å². The van der Waals surface area contributed by atoms with E-state index in [1.54, 1.807) is 0 Å². The van der Waals surface area contributed by atoms with Crippen LogP contribution in [0.5, 0.6) is 0 Å². The zero-order valence-electron chi connectivity index (χ0n) is 21.8. The minimum atomic E-state index is -0.743. The number of rotatable bonds is 9. The number of carbonyl (C=O) groups is 3. The van der Waals surface area contributed by atoms with Crippen molar-refractivity contribution in [2.45, 2.75) is 103 Å². The zero-order chi connectivity index (χ0) is 25.4. The minimum absolute atomic E-state index is 0.0662. The Morgan fingerprint density at radius 3 is 2.25 bits per heavy atom. The molecule has 6 rings (SSSR count). The van der Waals surface area contributed by atoms with Crippen molar-refractivity contribution >= 4 is 17.9 Å². The van der Waals surface area contributed by atoms with Crippen LogP contribution in [0, 0.1) is 40.9 Å². The van der Waals surface area contributed by atoms with Crippen LogP contribution in [0.15, 0.2) is 23.8 Å². The van der Waals surface area contributed by atoms with Crippen molar-refractivity contribution < 1.29 is 29.0 Å². The van der Waals surface area contributed by atoms with Crippen molar-refractivity contribution in [1.82, 2.24) is 0 Å². The lowest BCUT2D eigenvalue weighted by molar-refractivity contribution is -0.163. The van der Waals surface area contributed by atoms with Crippen molar-refractivity contribution in [2.75, 3.05) is 0 Å². The molecule has 0 aromatic heterocycles. The van der Waals surface area contributed by atoms with Crippen molar-refractivity contribution in [3.63, 3.8) is 0 Å². The molecule has 0 aromatic carbocycles. The minimum Gasteiger partial charge on any atom is -0.481 e. The Kier molecular flexibility index (Phi) is 7.33. The molecule has 6 aliphatic carbocycles. The number of unbranched alkanes of at least 4 members (excludes halogenated alkanes) is 1. The van der Waals surface area contributed by atoms with Gasteiger partial charge >= 0.3 is 17.9 Å². The Labute approximate surface area is 214 Å². The highest BCUT2D eigenvalue weighted by Gasteiger charge is 2.55. The predicted octanol–water partition coefficient (Wildman–Crippen LogP) is 5.85. The monoisotopic (exact) mass is 498 g/mol. The van der Waals surface area contributed by atoms with Gasteiger partial charge in [0.2, 0.25) is 0 Å². The summed E-state index contributed by atoms with van der Waals surface area (Å²) in [7, 11) is 0. The zero-order valence-corrected chi connectivity index (χ0v) is 21.8. The smallest absolute Gasteiger partial charge is 0.303 e. The van der Waals surface area contributed by atoms with Crippen LogP contribution in [0.1, 0.15) is 90.9 Å². The summed E-state index contributed by atoms with van der Waals surface area (Å²) in [6, 6.07) is 0. The van der Waals surface area contributed by atoms with Gasteiger partial charge in [-0.25, -0.2) is 0 Å². The summed E-state index contributed by atoms with van der Waals surface area (Å²) in [5, 5.41) is 8.90. The molecule has 0 aromatic rings. The third-order valence-electron chi connectivity index (χ3n) is 9.92. The van der Waals surface area contributed by atoms with Crippen LogP contribution in [0.3, 0.4) is 0 Å². The number of fused-ring (bicyclic) bond motifs is 1. The predicted molar refractivity (Wildman–Crippen MR) is 135 cm³/mol. The van der Waals surface area contributed by atoms with Crippen molar-refractivity contribution in [1.29, 1.82) is 0 Å². The van der Waals surface area contributed by atoms with Gasteiger partial charge in [0.05, 0.1) is 0 Å². The molecule has 0 amide bonds. The van der Waals surface area contributed by atoms with Crippen LogP contribution in [0.2, 0.25) is 0 Å². The summed E-state index contributed by atoms with van der Waals surface area (Å²) in [6.07, 6.45) is 18.3. The van der Waals surface area contributed by atoms with E-state index in [0.717, 1.165) is 62.7 Å². The fourth-order valence-electron chi connectivity index (χ4n) is 9.12. The van der Waals surface area contributed by atoms with Crippen LogP contribution < -0.4 is 0 Å². The van der Waals surface area contributed by atoms with Gasteiger partial charge in [-0.2, -0.15) is 0 Å². The molecule has 6 heteroatoms. The SMILES string of the molecule is CC(=O)OC(C=C[C@H]1[C@@H]2CC(=CCCCC(=O)O)C[C@@H]2C[C@@H]1OC(C)=O)C12CC3CC(CC(C3)C1)C2. The number of allylic oxidation sites excluding steroid dienone is 2. The third-order valence-corrected chi connectivity index (χ3v) is 9.92. The average molecular weight is 499 g/mol. The molecule has 198 valence electrons. The van der Waals surface area contributed by atoms with Crippen molar-refractivity contribution in [2.24, 2.45) is 40.9 Å². The van der Waals surface area contributed by atoms with Gasteiger partial charge in [-0.3, -0.25) is 14.4 Å². The third kappa shape index (κ3) is 5.43. The fourth-order valence-corrected chi connectivity index (χ4v) is 9.12. The first-order valence-corrected chi connectivity index (χ1v) is 14.1.